The van der Waals surface area contributed by atoms with Crippen LogP contribution < -0.4 is 20.5 Å². The third kappa shape index (κ3) is 5.01. The number of carbonyl (C=O) groups excluding carboxylic acids is 1. The predicted molar refractivity (Wildman–Crippen MR) is 86.0 cm³/mol. The Bertz CT molecular complexity index is 615. The van der Waals surface area contributed by atoms with Crippen molar-refractivity contribution in [2.24, 2.45) is 0 Å². The van der Waals surface area contributed by atoms with Crippen molar-refractivity contribution in [3.8, 4) is 11.5 Å². The molecular weight excluding hydrogens is 280 g/mol. The summed E-state index contributed by atoms with van der Waals surface area (Å²) in [6, 6.07) is 14.7. The van der Waals surface area contributed by atoms with Gasteiger partial charge in [0.15, 0.2) is 6.61 Å². The lowest BCUT2D eigenvalue weighted by Gasteiger charge is -2.10. The largest absolute Gasteiger partial charge is 0.492 e. The van der Waals surface area contributed by atoms with E-state index in [-0.39, 0.29) is 12.5 Å². The molecule has 0 aliphatic carbocycles. The van der Waals surface area contributed by atoms with Gasteiger partial charge in [-0.2, -0.15) is 0 Å². The van der Waals surface area contributed by atoms with E-state index < -0.39 is 0 Å². The molecule has 0 unspecified atom stereocenters. The van der Waals surface area contributed by atoms with Crippen LogP contribution in [-0.2, 0) is 4.79 Å². The minimum Gasteiger partial charge on any atom is -0.492 e. The number of hydrogen-bond donors (Lipinski definition) is 2. The van der Waals surface area contributed by atoms with Gasteiger partial charge in [-0.15, -0.1) is 0 Å². The highest BCUT2D eigenvalue weighted by Crippen LogP contribution is 2.18. The summed E-state index contributed by atoms with van der Waals surface area (Å²) in [6.45, 7) is 2.72. The minimum absolute atomic E-state index is 0.00894. The smallest absolute Gasteiger partial charge is 0.258 e. The third-order valence-corrected chi connectivity index (χ3v) is 3.05. The van der Waals surface area contributed by atoms with E-state index >= 15 is 0 Å². The molecule has 2 aromatic carbocycles. The molecule has 116 valence electrons. The first-order valence-electron chi connectivity index (χ1n) is 7.08. The Kier molecular flexibility index (Phi) is 5.65. The van der Waals surface area contributed by atoms with E-state index in [1.165, 1.54) is 0 Å². The van der Waals surface area contributed by atoms with Crippen LogP contribution in [0.15, 0.2) is 48.5 Å². The van der Waals surface area contributed by atoms with Crippen LogP contribution in [0.5, 0.6) is 11.5 Å². The van der Waals surface area contributed by atoms with Crippen molar-refractivity contribution in [2.45, 2.75) is 6.92 Å². The molecule has 0 spiro atoms. The van der Waals surface area contributed by atoms with Crippen molar-refractivity contribution in [3.05, 3.63) is 54.1 Å². The number of rotatable bonds is 7. The topological polar surface area (TPSA) is 73.6 Å². The predicted octanol–water partition coefficient (Wildman–Crippen LogP) is 2.15. The molecule has 0 heterocycles. The zero-order chi connectivity index (χ0) is 15.8. The van der Waals surface area contributed by atoms with Crippen LogP contribution in [0.2, 0.25) is 0 Å². The van der Waals surface area contributed by atoms with Gasteiger partial charge in [0.1, 0.15) is 18.1 Å². The number of carbonyl (C=O) groups is 1. The number of para-hydroxylation sites is 1. The van der Waals surface area contributed by atoms with Crippen LogP contribution in [-0.4, -0.2) is 25.7 Å². The number of nitrogen functional groups attached to an aromatic ring is 1. The highest BCUT2D eigenvalue weighted by Gasteiger charge is 2.02. The van der Waals surface area contributed by atoms with Gasteiger partial charge in [0.2, 0.25) is 0 Å². The third-order valence-electron chi connectivity index (χ3n) is 3.05. The maximum atomic E-state index is 11.6. The number of hydrogen-bond acceptors (Lipinski definition) is 4. The first-order chi connectivity index (χ1) is 10.6. The summed E-state index contributed by atoms with van der Waals surface area (Å²) in [5.41, 5.74) is 7.44. The van der Waals surface area contributed by atoms with Crippen molar-refractivity contribution in [1.82, 2.24) is 5.32 Å². The summed E-state index contributed by atoms with van der Waals surface area (Å²) >= 11 is 0. The number of aryl methyl sites for hydroxylation is 1. The van der Waals surface area contributed by atoms with Gasteiger partial charge >= 0.3 is 0 Å². The summed E-state index contributed by atoms with van der Waals surface area (Å²) in [7, 11) is 0. The monoisotopic (exact) mass is 300 g/mol. The average Bonchev–Trinajstić information content (AvgIpc) is 2.54. The normalized spacial score (nSPS) is 10.0. The zero-order valence-corrected chi connectivity index (χ0v) is 12.5. The molecular formula is C17H20N2O3. The van der Waals surface area contributed by atoms with Gasteiger partial charge in [-0.25, -0.2) is 0 Å². The molecule has 0 aromatic heterocycles. The van der Waals surface area contributed by atoms with E-state index in [2.05, 4.69) is 5.32 Å². The first-order valence-corrected chi connectivity index (χ1v) is 7.08. The SMILES string of the molecule is Cc1cc(OCCNC(=O)COc2ccccc2)ccc1N. The zero-order valence-electron chi connectivity index (χ0n) is 12.5. The second kappa shape index (κ2) is 7.93. The highest BCUT2D eigenvalue weighted by molar-refractivity contribution is 5.77. The molecule has 5 nitrogen and oxygen atoms in total. The Hall–Kier alpha value is -2.69. The summed E-state index contributed by atoms with van der Waals surface area (Å²) in [6.07, 6.45) is 0. The van der Waals surface area contributed by atoms with E-state index in [1.807, 2.05) is 37.3 Å². The van der Waals surface area contributed by atoms with Gasteiger partial charge in [-0.05, 0) is 42.8 Å². The highest BCUT2D eigenvalue weighted by atomic mass is 16.5. The van der Waals surface area contributed by atoms with Crippen LogP contribution in [0, 0.1) is 6.92 Å². The van der Waals surface area contributed by atoms with Crippen LogP contribution in [0.1, 0.15) is 5.56 Å². The second-order valence-corrected chi connectivity index (χ2v) is 4.82. The van der Waals surface area contributed by atoms with Crippen LogP contribution >= 0.6 is 0 Å². The molecule has 0 atom stereocenters. The Balaban J connectivity index is 1.63. The number of anilines is 1. The first kappa shape index (κ1) is 15.7. The summed E-state index contributed by atoms with van der Waals surface area (Å²) in [4.78, 5) is 11.6. The molecule has 0 radical (unpaired) electrons. The molecule has 1 amide bonds. The molecule has 0 saturated carbocycles. The van der Waals surface area contributed by atoms with Gasteiger partial charge in [0.25, 0.3) is 5.91 Å². The fraction of sp³-hybridized carbons (Fsp3) is 0.235. The maximum Gasteiger partial charge on any atom is 0.258 e. The van der Waals surface area contributed by atoms with E-state index in [4.69, 9.17) is 15.2 Å². The number of amides is 1. The van der Waals surface area contributed by atoms with Crippen molar-refractivity contribution < 1.29 is 14.3 Å². The number of nitrogens with two attached hydrogens (primary N) is 1. The lowest BCUT2D eigenvalue weighted by atomic mass is 10.2. The molecule has 2 rings (SSSR count). The minimum atomic E-state index is -0.180. The van der Waals surface area contributed by atoms with Gasteiger partial charge in [-0.3, -0.25) is 4.79 Å². The Labute approximate surface area is 130 Å². The van der Waals surface area contributed by atoms with Gasteiger partial charge in [0, 0.05) is 5.69 Å². The van der Waals surface area contributed by atoms with Crippen LogP contribution in [0.4, 0.5) is 5.69 Å². The molecule has 22 heavy (non-hydrogen) atoms. The van der Waals surface area contributed by atoms with Crippen LogP contribution in [0.25, 0.3) is 0 Å². The quantitative estimate of drug-likeness (QED) is 0.607. The van der Waals surface area contributed by atoms with Gasteiger partial charge in [-0.1, -0.05) is 18.2 Å². The molecule has 0 aliphatic heterocycles. The van der Waals surface area contributed by atoms with E-state index in [0.717, 1.165) is 17.0 Å². The molecule has 0 saturated heterocycles. The maximum absolute atomic E-state index is 11.6. The number of benzene rings is 2. The van der Waals surface area contributed by atoms with Gasteiger partial charge < -0.3 is 20.5 Å². The van der Waals surface area contributed by atoms with Crippen molar-refractivity contribution in [2.75, 3.05) is 25.5 Å². The van der Waals surface area contributed by atoms with Crippen molar-refractivity contribution in [3.63, 3.8) is 0 Å². The molecule has 0 aliphatic rings. The lowest BCUT2D eigenvalue weighted by Crippen LogP contribution is -2.32. The fourth-order valence-electron chi connectivity index (χ4n) is 1.81. The summed E-state index contributed by atoms with van der Waals surface area (Å²) in [5, 5.41) is 2.74. The standard InChI is InChI=1S/C17H20N2O3/c1-13-11-15(7-8-16(13)18)21-10-9-19-17(20)12-22-14-5-3-2-4-6-14/h2-8,11H,9-10,12,18H2,1H3,(H,19,20). The Morgan fingerprint density at radius 1 is 1.09 bits per heavy atom. The summed E-state index contributed by atoms with van der Waals surface area (Å²) < 4.78 is 10.9. The Morgan fingerprint density at radius 3 is 2.59 bits per heavy atom. The van der Waals surface area contributed by atoms with E-state index in [9.17, 15) is 4.79 Å². The van der Waals surface area contributed by atoms with Crippen molar-refractivity contribution in [1.29, 1.82) is 0 Å². The average molecular weight is 300 g/mol. The molecule has 0 fully saturated rings. The van der Waals surface area contributed by atoms with E-state index in [0.29, 0.717) is 18.9 Å². The van der Waals surface area contributed by atoms with E-state index in [1.54, 1.807) is 18.2 Å². The molecule has 0 bridgehead atoms. The molecule has 5 heteroatoms. The van der Waals surface area contributed by atoms with Crippen molar-refractivity contribution >= 4 is 11.6 Å². The number of ether oxygens (including phenoxy) is 2. The second-order valence-electron chi connectivity index (χ2n) is 4.82. The van der Waals surface area contributed by atoms with Gasteiger partial charge in [0.05, 0.1) is 6.54 Å². The number of nitrogens with one attached hydrogen (secondary N) is 1. The Morgan fingerprint density at radius 2 is 1.86 bits per heavy atom. The lowest BCUT2D eigenvalue weighted by molar-refractivity contribution is -0.123. The molecule has 3 N–H and O–H groups in total. The van der Waals surface area contributed by atoms with Crippen LogP contribution in [0.3, 0.4) is 0 Å². The fourth-order valence-corrected chi connectivity index (χ4v) is 1.81. The summed E-state index contributed by atoms with van der Waals surface area (Å²) in [5.74, 6) is 1.23. The molecule has 2 aromatic rings.